The van der Waals surface area contributed by atoms with Gasteiger partial charge in [-0.15, -0.1) is 0 Å². The number of carbonyl (C=O) groups excluding carboxylic acids is 3. The molecule has 0 bridgehead atoms. The number of hydrogen-bond acceptors (Lipinski definition) is 8. The third kappa shape index (κ3) is 5.76. The number of thiol groups is 2. The highest BCUT2D eigenvalue weighted by Gasteiger charge is 2.38. The molecule has 1 rings (SSSR count). The Labute approximate surface area is 161 Å². The number of carboxylic acid groups (broad SMARTS) is 1. The Morgan fingerprint density at radius 3 is 2.27 bits per heavy atom. The predicted molar refractivity (Wildman–Crippen MR) is 99.0 cm³/mol. The summed E-state index contributed by atoms with van der Waals surface area (Å²) in [6, 6.07) is -4.19. The highest BCUT2D eigenvalue weighted by Crippen LogP contribution is 2.19. The lowest BCUT2D eigenvalue weighted by molar-refractivity contribution is -0.144. The number of aliphatic hydroxyl groups is 1. The van der Waals surface area contributed by atoms with E-state index in [0.29, 0.717) is 19.4 Å². The summed E-state index contributed by atoms with van der Waals surface area (Å²) < 4.78 is 0. The lowest BCUT2D eigenvalue weighted by Gasteiger charge is -2.29. The molecule has 3 amide bonds. The van der Waals surface area contributed by atoms with Gasteiger partial charge in [-0.1, -0.05) is 0 Å². The third-order valence-electron chi connectivity index (χ3n) is 3.97. The second-order valence-corrected chi connectivity index (χ2v) is 6.53. The number of nitrogens with one attached hydrogen (secondary N) is 2. The molecule has 26 heavy (non-hydrogen) atoms. The number of amides is 3. The van der Waals surface area contributed by atoms with E-state index in [1.54, 1.807) is 0 Å². The molecule has 0 aromatic heterocycles. The summed E-state index contributed by atoms with van der Waals surface area (Å²) in [6.45, 7) is -0.282. The summed E-state index contributed by atoms with van der Waals surface area (Å²) in [5.74, 6) is -3.15. The van der Waals surface area contributed by atoms with Gasteiger partial charge in [0.25, 0.3) is 0 Å². The zero-order valence-electron chi connectivity index (χ0n) is 14.0. The van der Waals surface area contributed by atoms with E-state index >= 15 is 0 Å². The molecular weight excluding hydrogens is 384 g/mol. The van der Waals surface area contributed by atoms with Crippen LogP contribution in [-0.2, 0) is 19.2 Å². The molecule has 4 unspecified atom stereocenters. The van der Waals surface area contributed by atoms with Crippen LogP contribution in [0.15, 0.2) is 0 Å². The first-order valence-electron chi connectivity index (χ1n) is 7.99. The Morgan fingerprint density at radius 1 is 1.15 bits per heavy atom. The van der Waals surface area contributed by atoms with Crippen LogP contribution in [0.2, 0.25) is 0 Å². The van der Waals surface area contributed by atoms with Gasteiger partial charge < -0.3 is 31.5 Å². The Kier molecular flexibility index (Phi) is 9.19. The van der Waals surface area contributed by atoms with Gasteiger partial charge in [0.05, 0.1) is 6.61 Å². The molecule has 1 heterocycles. The first-order chi connectivity index (χ1) is 12.3. The maximum absolute atomic E-state index is 12.7. The summed E-state index contributed by atoms with van der Waals surface area (Å²) in [5, 5.41) is 22.7. The van der Waals surface area contributed by atoms with E-state index in [0.717, 1.165) is 0 Å². The van der Waals surface area contributed by atoms with Gasteiger partial charge in [-0.3, -0.25) is 14.4 Å². The van der Waals surface area contributed by atoms with Crippen LogP contribution in [0.4, 0.5) is 0 Å². The molecule has 1 saturated heterocycles. The van der Waals surface area contributed by atoms with E-state index in [2.05, 4.69) is 35.9 Å². The van der Waals surface area contributed by atoms with Gasteiger partial charge in [0, 0.05) is 18.1 Å². The zero-order valence-corrected chi connectivity index (χ0v) is 15.8. The van der Waals surface area contributed by atoms with Crippen molar-refractivity contribution in [2.24, 2.45) is 5.73 Å². The van der Waals surface area contributed by atoms with Crippen LogP contribution in [0.1, 0.15) is 12.8 Å². The quantitative estimate of drug-likeness (QED) is 0.203. The van der Waals surface area contributed by atoms with Crippen molar-refractivity contribution in [1.29, 1.82) is 0 Å². The van der Waals surface area contributed by atoms with Gasteiger partial charge in [0.2, 0.25) is 17.7 Å². The van der Waals surface area contributed by atoms with E-state index in [9.17, 15) is 19.2 Å². The van der Waals surface area contributed by atoms with E-state index in [-0.39, 0.29) is 11.5 Å². The van der Waals surface area contributed by atoms with Crippen LogP contribution in [0, 0.1) is 0 Å². The number of aliphatic hydroxyl groups excluding tert-OH is 1. The molecule has 1 aliphatic heterocycles. The molecule has 148 valence electrons. The summed E-state index contributed by atoms with van der Waals surface area (Å²) in [7, 11) is 0. The maximum atomic E-state index is 12.7. The Balaban J connectivity index is 2.80. The molecule has 1 fully saturated rings. The monoisotopic (exact) mass is 408 g/mol. The van der Waals surface area contributed by atoms with Crippen LogP contribution in [-0.4, -0.2) is 87.6 Å². The lowest BCUT2D eigenvalue weighted by Crippen LogP contribution is -2.57. The van der Waals surface area contributed by atoms with Crippen LogP contribution in [0.5, 0.6) is 0 Å². The van der Waals surface area contributed by atoms with Gasteiger partial charge in [0.1, 0.15) is 24.2 Å². The Hall–Kier alpha value is -1.50. The SMILES string of the molecule is NC(CO)C(=O)NC(CS)C(=O)N1CCCC1C(=O)NC(CS)C(=O)O. The van der Waals surface area contributed by atoms with Crippen molar-refractivity contribution in [2.75, 3.05) is 24.7 Å². The van der Waals surface area contributed by atoms with E-state index in [4.69, 9.17) is 15.9 Å². The van der Waals surface area contributed by atoms with Crippen molar-refractivity contribution >= 4 is 48.9 Å². The number of aliphatic carboxylic acids is 1. The summed E-state index contributed by atoms with van der Waals surface area (Å²) in [6.07, 6.45) is 0.936. The number of likely N-dealkylation sites (tertiary alicyclic amines) is 1. The number of rotatable bonds is 9. The number of carboxylic acids is 1. The number of carbonyl (C=O) groups is 4. The van der Waals surface area contributed by atoms with Crippen molar-refractivity contribution in [3.8, 4) is 0 Å². The summed E-state index contributed by atoms with van der Waals surface area (Å²) >= 11 is 7.93. The Morgan fingerprint density at radius 2 is 1.77 bits per heavy atom. The van der Waals surface area contributed by atoms with Gasteiger partial charge in [-0.25, -0.2) is 4.79 Å². The zero-order chi connectivity index (χ0) is 19.9. The van der Waals surface area contributed by atoms with Gasteiger partial charge in [0.15, 0.2) is 0 Å². The van der Waals surface area contributed by atoms with Gasteiger partial charge >= 0.3 is 5.97 Å². The first-order valence-corrected chi connectivity index (χ1v) is 9.25. The minimum absolute atomic E-state index is 0.0258. The van der Waals surface area contributed by atoms with Gasteiger partial charge in [-0.05, 0) is 12.8 Å². The second-order valence-electron chi connectivity index (χ2n) is 5.80. The Bertz CT molecular complexity index is 550. The third-order valence-corrected chi connectivity index (χ3v) is 4.70. The molecule has 0 aliphatic carbocycles. The molecule has 1 aliphatic rings. The molecule has 0 saturated carbocycles. The highest BCUT2D eigenvalue weighted by atomic mass is 32.1. The van der Waals surface area contributed by atoms with Crippen LogP contribution >= 0.6 is 25.3 Å². The largest absolute Gasteiger partial charge is 0.480 e. The average molecular weight is 409 g/mol. The normalized spacial score (nSPS) is 20.2. The van der Waals surface area contributed by atoms with Gasteiger partial charge in [-0.2, -0.15) is 25.3 Å². The minimum Gasteiger partial charge on any atom is -0.480 e. The molecule has 10 nitrogen and oxygen atoms in total. The second kappa shape index (κ2) is 10.6. The fourth-order valence-electron chi connectivity index (χ4n) is 2.50. The molecule has 6 N–H and O–H groups in total. The fraction of sp³-hybridized carbons (Fsp3) is 0.714. The van der Waals surface area contributed by atoms with Crippen molar-refractivity contribution in [2.45, 2.75) is 37.0 Å². The molecule has 0 aromatic carbocycles. The molecular formula is C14H24N4O6S2. The predicted octanol–water partition coefficient (Wildman–Crippen LogP) is -2.79. The standard InChI is InChI=1S/C14H24N4O6S2/c15-7(4-19)11(20)16-8(5-25)13(22)18-3-1-2-10(18)12(21)17-9(6-26)14(23)24/h7-10,19,25-26H,1-6,15H2,(H,16,20)(H,17,21)(H,23,24). The van der Waals surface area contributed by atoms with E-state index < -0.39 is 54.5 Å². The number of hydrogen-bond donors (Lipinski definition) is 7. The minimum atomic E-state index is -1.22. The van der Waals surface area contributed by atoms with Crippen molar-refractivity contribution in [3.63, 3.8) is 0 Å². The average Bonchev–Trinajstić information content (AvgIpc) is 3.11. The molecule has 0 radical (unpaired) electrons. The molecule has 0 spiro atoms. The highest BCUT2D eigenvalue weighted by molar-refractivity contribution is 7.80. The number of nitrogens with zero attached hydrogens (tertiary/aromatic N) is 1. The van der Waals surface area contributed by atoms with Crippen LogP contribution < -0.4 is 16.4 Å². The van der Waals surface area contributed by atoms with Crippen molar-refractivity contribution < 1.29 is 29.4 Å². The molecule has 12 heteroatoms. The molecule has 0 aromatic rings. The van der Waals surface area contributed by atoms with E-state index in [1.807, 2.05) is 0 Å². The summed E-state index contributed by atoms with van der Waals surface area (Å²) in [4.78, 5) is 49.1. The number of nitrogens with two attached hydrogens (primary N) is 1. The smallest absolute Gasteiger partial charge is 0.327 e. The van der Waals surface area contributed by atoms with E-state index in [1.165, 1.54) is 4.90 Å². The van der Waals surface area contributed by atoms with Crippen LogP contribution in [0.3, 0.4) is 0 Å². The van der Waals surface area contributed by atoms with Crippen molar-refractivity contribution in [1.82, 2.24) is 15.5 Å². The first kappa shape index (κ1) is 22.5. The topological polar surface area (TPSA) is 162 Å². The summed E-state index contributed by atoms with van der Waals surface area (Å²) in [5.41, 5.74) is 5.41. The maximum Gasteiger partial charge on any atom is 0.327 e. The van der Waals surface area contributed by atoms with Crippen LogP contribution in [0.25, 0.3) is 0 Å². The fourth-order valence-corrected chi connectivity index (χ4v) is 3.00. The van der Waals surface area contributed by atoms with Crippen molar-refractivity contribution in [3.05, 3.63) is 0 Å². The molecule has 4 atom stereocenters. The lowest BCUT2D eigenvalue weighted by atomic mass is 10.1.